The fourth-order valence-electron chi connectivity index (χ4n) is 0.740. The summed E-state index contributed by atoms with van der Waals surface area (Å²) in [7, 11) is -1.69. The van der Waals surface area contributed by atoms with E-state index in [4.69, 9.17) is 14.6 Å². The summed E-state index contributed by atoms with van der Waals surface area (Å²) < 4.78 is 5.95. The Kier molecular flexibility index (Phi) is 9.41. The van der Waals surface area contributed by atoms with E-state index >= 15 is 0 Å². The topological polar surface area (TPSA) is 69.9 Å². The third-order valence-electron chi connectivity index (χ3n) is 3.66. The summed E-state index contributed by atoms with van der Waals surface area (Å²) in [6, 6.07) is 0. The molecule has 4 atom stereocenters. The van der Waals surface area contributed by atoms with Crippen molar-refractivity contribution >= 4 is 8.32 Å². The van der Waals surface area contributed by atoms with Gasteiger partial charge in [-0.15, -0.1) is 0 Å². The predicted molar refractivity (Wildman–Crippen MR) is 82.8 cm³/mol. The third-order valence-corrected chi connectivity index (χ3v) is 8.24. The monoisotopic (exact) mass is 294 g/mol. The minimum atomic E-state index is -1.69. The van der Waals surface area contributed by atoms with Crippen LogP contribution in [0.25, 0.3) is 0 Å². The minimum Gasteiger partial charge on any atom is -0.412 e. The van der Waals surface area contributed by atoms with E-state index in [-0.39, 0.29) is 17.2 Å². The highest BCUT2D eigenvalue weighted by Crippen LogP contribution is 2.37. The van der Waals surface area contributed by atoms with Gasteiger partial charge in [-0.1, -0.05) is 20.8 Å². The molecule has 0 saturated heterocycles. The van der Waals surface area contributed by atoms with Gasteiger partial charge in [-0.05, 0) is 45.8 Å². The highest BCUT2D eigenvalue weighted by molar-refractivity contribution is 6.74. The Morgan fingerprint density at radius 2 is 1.11 bits per heavy atom. The SMILES string of the molecule is C[C@H](O)[C@@H](C)O.C[C@H](O)[C@@H](C)O[Si](C)(C)C(C)(C)C. The van der Waals surface area contributed by atoms with Crippen LogP contribution in [0, 0.1) is 0 Å². The molecule has 0 aromatic heterocycles. The van der Waals surface area contributed by atoms with Gasteiger partial charge in [-0.3, -0.25) is 0 Å². The molecular formula is C14H34O4Si. The lowest BCUT2D eigenvalue weighted by atomic mass is 10.2. The zero-order valence-electron chi connectivity index (χ0n) is 14.1. The maximum atomic E-state index is 9.35. The zero-order valence-corrected chi connectivity index (χ0v) is 15.1. The van der Waals surface area contributed by atoms with Crippen molar-refractivity contribution in [3.05, 3.63) is 0 Å². The Balaban J connectivity index is 0. The number of aliphatic hydroxyl groups excluding tert-OH is 3. The largest absolute Gasteiger partial charge is 0.412 e. The van der Waals surface area contributed by atoms with Gasteiger partial charge in [-0.2, -0.15) is 0 Å². The molecule has 0 spiro atoms. The summed E-state index contributed by atoms with van der Waals surface area (Å²) in [4.78, 5) is 0. The van der Waals surface area contributed by atoms with Crippen molar-refractivity contribution in [1.29, 1.82) is 0 Å². The number of hydrogen-bond acceptors (Lipinski definition) is 4. The van der Waals surface area contributed by atoms with E-state index in [9.17, 15) is 5.11 Å². The first-order valence-corrected chi connectivity index (χ1v) is 9.85. The second-order valence-corrected chi connectivity index (χ2v) is 11.6. The van der Waals surface area contributed by atoms with Gasteiger partial charge in [0, 0.05) is 0 Å². The van der Waals surface area contributed by atoms with E-state index in [1.165, 1.54) is 0 Å². The fraction of sp³-hybridized carbons (Fsp3) is 1.00. The van der Waals surface area contributed by atoms with Crippen LogP contribution in [0.2, 0.25) is 18.1 Å². The van der Waals surface area contributed by atoms with Crippen molar-refractivity contribution in [1.82, 2.24) is 0 Å². The van der Waals surface area contributed by atoms with Crippen LogP contribution >= 0.6 is 0 Å². The van der Waals surface area contributed by atoms with Gasteiger partial charge in [0.2, 0.25) is 0 Å². The molecule has 0 bridgehead atoms. The molecule has 0 fully saturated rings. The number of rotatable bonds is 4. The van der Waals surface area contributed by atoms with Crippen molar-refractivity contribution in [2.24, 2.45) is 0 Å². The van der Waals surface area contributed by atoms with Crippen LogP contribution in [0.3, 0.4) is 0 Å². The van der Waals surface area contributed by atoms with Crippen LogP contribution in [-0.2, 0) is 4.43 Å². The first-order valence-electron chi connectivity index (χ1n) is 6.94. The second kappa shape index (κ2) is 8.37. The first-order chi connectivity index (χ1) is 8.22. The summed E-state index contributed by atoms with van der Waals surface area (Å²) in [5.41, 5.74) is 0. The van der Waals surface area contributed by atoms with Crippen molar-refractivity contribution in [3.8, 4) is 0 Å². The van der Waals surface area contributed by atoms with Crippen molar-refractivity contribution in [2.75, 3.05) is 0 Å². The van der Waals surface area contributed by atoms with Crippen LogP contribution in [-0.4, -0.2) is 48.1 Å². The van der Waals surface area contributed by atoms with Gasteiger partial charge in [0.25, 0.3) is 0 Å². The van der Waals surface area contributed by atoms with Crippen molar-refractivity contribution in [2.45, 2.75) is 91.0 Å². The van der Waals surface area contributed by atoms with Crippen LogP contribution < -0.4 is 0 Å². The molecule has 5 heteroatoms. The molecule has 0 aromatic rings. The van der Waals surface area contributed by atoms with E-state index in [0.29, 0.717) is 0 Å². The van der Waals surface area contributed by atoms with Crippen LogP contribution in [0.1, 0.15) is 48.5 Å². The summed E-state index contributed by atoms with van der Waals surface area (Å²) in [6.45, 7) is 17.8. The molecule has 0 unspecified atom stereocenters. The maximum absolute atomic E-state index is 9.35. The Labute approximate surface area is 119 Å². The molecular weight excluding hydrogens is 260 g/mol. The average molecular weight is 295 g/mol. The molecule has 3 N–H and O–H groups in total. The molecule has 0 rings (SSSR count). The summed E-state index contributed by atoms with van der Waals surface area (Å²) in [6.07, 6.45) is -1.62. The van der Waals surface area contributed by atoms with Gasteiger partial charge in [-0.25, -0.2) is 0 Å². The van der Waals surface area contributed by atoms with E-state index in [1.807, 2.05) is 6.92 Å². The average Bonchev–Trinajstić information content (AvgIpc) is 2.15. The van der Waals surface area contributed by atoms with Crippen LogP contribution in [0.4, 0.5) is 0 Å². The standard InChI is InChI=1S/C10H24O2Si.C4H10O2/c1-8(11)9(2)12-13(6,7)10(3,4)5;1-3(5)4(2)6/h8-9,11H,1-7H3;3-6H,1-2H3/t8-,9+;3-,4+/m0./s1. The summed E-state index contributed by atoms with van der Waals surface area (Å²) in [5, 5.41) is 26.3. The van der Waals surface area contributed by atoms with Gasteiger partial charge in [0.15, 0.2) is 8.32 Å². The summed E-state index contributed by atoms with van der Waals surface area (Å²) >= 11 is 0. The van der Waals surface area contributed by atoms with E-state index in [1.54, 1.807) is 20.8 Å². The van der Waals surface area contributed by atoms with Crippen LogP contribution in [0.5, 0.6) is 0 Å². The molecule has 4 nitrogen and oxygen atoms in total. The molecule has 0 aliphatic carbocycles. The fourth-order valence-corrected chi connectivity index (χ4v) is 2.22. The van der Waals surface area contributed by atoms with Gasteiger partial charge < -0.3 is 19.7 Å². The Morgan fingerprint density at radius 3 is 1.26 bits per heavy atom. The quantitative estimate of drug-likeness (QED) is 0.697. The maximum Gasteiger partial charge on any atom is 0.192 e. The molecule has 118 valence electrons. The van der Waals surface area contributed by atoms with E-state index in [2.05, 4.69) is 33.9 Å². The lowest BCUT2D eigenvalue weighted by molar-refractivity contribution is 0.0438. The van der Waals surface area contributed by atoms with Gasteiger partial charge in [0.05, 0.1) is 24.4 Å². The molecule has 0 aliphatic rings. The lowest BCUT2D eigenvalue weighted by Crippen LogP contribution is -2.45. The predicted octanol–water partition coefficient (Wildman–Crippen LogP) is 2.53. The smallest absolute Gasteiger partial charge is 0.192 e. The Morgan fingerprint density at radius 1 is 0.789 bits per heavy atom. The normalized spacial score (nSPS) is 18.9. The molecule has 0 aromatic carbocycles. The Hall–Kier alpha value is 0.0569. The first kappa shape index (κ1) is 21.4. The summed E-state index contributed by atoms with van der Waals surface area (Å²) in [5.74, 6) is 0. The van der Waals surface area contributed by atoms with E-state index in [0.717, 1.165) is 0 Å². The molecule has 0 radical (unpaired) electrons. The second-order valence-electron chi connectivity index (χ2n) is 6.81. The van der Waals surface area contributed by atoms with Gasteiger partial charge >= 0.3 is 0 Å². The highest BCUT2D eigenvalue weighted by Gasteiger charge is 2.38. The third kappa shape index (κ3) is 9.57. The van der Waals surface area contributed by atoms with Crippen molar-refractivity contribution < 1.29 is 19.7 Å². The molecule has 0 saturated carbocycles. The van der Waals surface area contributed by atoms with Crippen LogP contribution in [0.15, 0.2) is 0 Å². The lowest BCUT2D eigenvalue weighted by Gasteiger charge is -2.39. The molecule has 19 heavy (non-hydrogen) atoms. The minimum absolute atomic E-state index is 0.0547. The van der Waals surface area contributed by atoms with E-state index < -0.39 is 20.5 Å². The highest BCUT2D eigenvalue weighted by atomic mass is 28.4. The zero-order chi connectivity index (χ0) is 16.0. The Bertz CT molecular complexity index is 226. The molecule has 0 aliphatic heterocycles. The molecule has 0 heterocycles. The number of aliphatic hydroxyl groups is 3. The van der Waals surface area contributed by atoms with Gasteiger partial charge in [0.1, 0.15) is 0 Å². The van der Waals surface area contributed by atoms with Crippen molar-refractivity contribution in [3.63, 3.8) is 0 Å². The number of hydrogen-bond donors (Lipinski definition) is 3. The molecule has 0 amide bonds.